The fourth-order valence-electron chi connectivity index (χ4n) is 3.88. The fraction of sp³-hybridized carbons (Fsp3) is 0.690. The monoisotopic (exact) mass is 553 g/mol. The molecule has 0 aliphatic carbocycles. The normalized spacial score (nSPS) is 14.8. The lowest BCUT2D eigenvalue weighted by atomic mass is 9.81. The third kappa shape index (κ3) is 12.5. The molecule has 10 nitrogen and oxygen atoms in total. The van der Waals surface area contributed by atoms with Gasteiger partial charge < -0.3 is 29.2 Å². The molecule has 0 saturated heterocycles. The third-order valence-corrected chi connectivity index (χ3v) is 6.31. The van der Waals surface area contributed by atoms with E-state index in [4.69, 9.17) is 23.8 Å². The van der Waals surface area contributed by atoms with Crippen LogP contribution >= 0.6 is 0 Å². The summed E-state index contributed by atoms with van der Waals surface area (Å²) in [5.74, 6) is 0.694. The summed E-state index contributed by atoms with van der Waals surface area (Å²) in [5.41, 5.74) is 3.10. The van der Waals surface area contributed by atoms with Gasteiger partial charge in [-0.3, -0.25) is 9.63 Å². The Morgan fingerprint density at radius 1 is 1.05 bits per heavy atom. The van der Waals surface area contributed by atoms with Crippen LogP contribution in [0.5, 0.6) is 11.5 Å². The summed E-state index contributed by atoms with van der Waals surface area (Å²) >= 11 is 0. The summed E-state index contributed by atoms with van der Waals surface area (Å²) in [6, 6.07) is 5.00. The highest BCUT2D eigenvalue weighted by molar-refractivity contribution is 5.77. The van der Waals surface area contributed by atoms with Crippen molar-refractivity contribution in [3.8, 4) is 11.5 Å². The average molecular weight is 554 g/mol. The Kier molecular flexibility index (Phi) is 15.3. The summed E-state index contributed by atoms with van der Waals surface area (Å²) in [4.78, 5) is 29.0. The molecule has 0 saturated carbocycles. The van der Waals surface area contributed by atoms with E-state index in [2.05, 4.69) is 19.3 Å². The molecule has 0 aliphatic heterocycles. The molecule has 10 heteroatoms. The Hall–Kier alpha value is -2.46. The average Bonchev–Trinajstić information content (AvgIpc) is 2.87. The standard InChI is InChI=1S/C29H47NO9/c1-19(2)22(15-21-9-10-25(36-8)26(16-21)38-14-13-37-12-11-35-7)17-24(30-39-29(4,5)6)27(32)23(18-31)20(3)28(33)34/h9-10,16,19-20,22,24,27,30,32H,11-15,17H2,1-8H3,(H,33,34)/t20-,22+,24+,27+/m1/s1. The second-order valence-corrected chi connectivity index (χ2v) is 10.9. The van der Waals surface area contributed by atoms with Gasteiger partial charge in [0.15, 0.2) is 11.5 Å². The fourth-order valence-corrected chi connectivity index (χ4v) is 3.88. The number of carboxylic acids is 1. The zero-order valence-electron chi connectivity index (χ0n) is 24.6. The number of carboxylic acid groups (broad SMARTS) is 1. The largest absolute Gasteiger partial charge is 0.493 e. The number of carbonyl (C=O) groups excluding carboxylic acids is 1. The van der Waals surface area contributed by atoms with Crippen molar-refractivity contribution in [3.63, 3.8) is 0 Å². The smallest absolute Gasteiger partial charge is 0.311 e. The van der Waals surface area contributed by atoms with E-state index in [1.165, 1.54) is 6.92 Å². The number of benzene rings is 1. The van der Waals surface area contributed by atoms with E-state index in [-0.39, 0.29) is 17.4 Å². The number of hydrogen-bond acceptors (Lipinski definition) is 9. The Balaban J connectivity index is 3.13. The van der Waals surface area contributed by atoms with Crippen LogP contribution in [0.4, 0.5) is 0 Å². The molecule has 1 aromatic rings. The molecule has 0 amide bonds. The first-order valence-electron chi connectivity index (χ1n) is 13.3. The lowest BCUT2D eigenvalue weighted by Gasteiger charge is -2.33. The maximum atomic E-state index is 11.7. The molecule has 0 aliphatic rings. The maximum absolute atomic E-state index is 11.7. The van der Waals surface area contributed by atoms with Crippen LogP contribution in [0.2, 0.25) is 0 Å². The number of aliphatic carboxylic acids is 1. The molecule has 222 valence electrons. The minimum atomic E-state index is -1.40. The highest BCUT2D eigenvalue weighted by Crippen LogP contribution is 2.32. The summed E-state index contributed by atoms with van der Waals surface area (Å²) in [5, 5.41) is 20.5. The van der Waals surface area contributed by atoms with Crippen molar-refractivity contribution in [2.45, 2.75) is 72.1 Å². The van der Waals surface area contributed by atoms with Gasteiger partial charge in [-0.2, -0.15) is 5.48 Å². The summed E-state index contributed by atoms with van der Waals surface area (Å²) in [6.45, 7) is 12.8. The first-order valence-corrected chi connectivity index (χ1v) is 13.3. The van der Waals surface area contributed by atoms with Crippen LogP contribution in [0.25, 0.3) is 0 Å². The lowest BCUT2D eigenvalue weighted by molar-refractivity contribution is -0.140. The van der Waals surface area contributed by atoms with Crippen molar-refractivity contribution in [3.05, 3.63) is 29.3 Å². The molecule has 1 rings (SSSR count). The molecule has 0 radical (unpaired) electrons. The number of nitrogens with one attached hydrogen (secondary N) is 1. The van der Waals surface area contributed by atoms with Crippen LogP contribution in [0, 0.1) is 17.8 Å². The van der Waals surface area contributed by atoms with Crippen LogP contribution in [-0.4, -0.2) is 80.5 Å². The van der Waals surface area contributed by atoms with Crippen molar-refractivity contribution in [1.82, 2.24) is 5.48 Å². The van der Waals surface area contributed by atoms with Gasteiger partial charge in [-0.1, -0.05) is 19.9 Å². The van der Waals surface area contributed by atoms with Crippen LogP contribution in [-0.2, 0) is 30.3 Å². The molecule has 0 aromatic heterocycles. The molecule has 0 spiro atoms. The number of carbonyl (C=O) groups is 1. The Bertz CT molecular complexity index is 922. The topological polar surface area (TPSA) is 133 Å². The lowest BCUT2D eigenvalue weighted by Crippen LogP contribution is -2.47. The summed E-state index contributed by atoms with van der Waals surface area (Å²) < 4.78 is 21.8. The van der Waals surface area contributed by atoms with E-state index in [0.29, 0.717) is 50.8 Å². The first kappa shape index (κ1) is 34.6. The Morgan fingerprint density at radius 2 is 1.72 bits per heavy atom. The van der Waals surface area contributed by atoms with Crippen LogP contribution < -0.4 is 15.0 Å². The number of hydrogen-bond donors (Lipinski definition) is 3. The summed E-state index contributed by atoms with van der Waals surface area (Å²) in [7, 11) is 3.20. The van der Waals surface area contributed by atoms with Crippen molar-refractivity contribution in [1.29, 1.82) is 0 Å². The molecule has 4 atom stereocenters. The second kappa shape index (κ2) is 17.3. The van der Waals surface area contributed by atoms with Crippen molar-refractivity contribution in [2.75, 3.05) is 40.6 Å². The van der Waals surface area contributed by atoms with Gasteiger partial charge in [0.05, 0.1) is 50.1 Å². The highest BCUT2D eigenvalue weighted by Gasteiger charge is 2.34. The maximum Gasteiger partial charge on any atom is 0.311 e. The van der Waals surface area contributed by atoms with E-state index in [0.717, 1.165) is 5.56 Å². The Morgan fingerprint density at radius 3 is 2.26 bits per heavy atom. The number of methoxy groups -OCH3 is 2. The number of ether oxygens (including phenoxy) is 4. The van der Waals surface area contributed by atoms with Crippen molar-refractivity contribution >= 4 is 11.9 Å². The van der Waals surface area contributed by atoms with E-state index in [1.807, 2.05) is 39.0 Å². The molecule has 39 heavy (non-hydrogen) atoms. The molecule has 0 unspecified atom stereocenters. The molecule has 0 heterocycles. The van der Waals surface area contributed by atoms with Crippen molar-refractivity contribution in [2.24, 2.45) is 17.8 Å². The van der Waals surface area contributed by atoms with Gasteiger partial charge in [0.2, 0.25) is 0 Å². The van der Waals surface area contributed by atoms with Gasteiger partial charge in [0, 0.05) is 7.11 Å². The van der Waals surface area contributed by atoms with Gasteiger partial charge in [0.25, 0.3) is 0 Å². The quantitative estimate of drug-likeness (QED) is 0.133. The summed E-state index contributed by atoms with van der Waals surface area (Å²) in [6.07, 6.45) is -0.357. The zero-order chi connectivity index (χ0) is 29.6. The third-order valence-electron chi connectivity index (χ3n) is 6.31. The molecular formula is C29H47NO9. The number of rotatable bonds is 19. The number of hydroxylamine groups is 1. The van der Waals surface area contributed by atoms with E-state index in [1.54, 1.807) is 20.2 Å². The molecule has 0 bridgehead atoms. The highest BCUT2D eigenvalue weighted by atomic mass is 16.7. The van der Waals surface area contributed by atoms with Gasteiger partial charge >= 0.3 is 5.97 Å². The molecule has 3 N–H and O–H groups in total. The van der Waals surface area contributed by atoms with E-state index in [9.17, 15) is 19.8 Å². The van der Waals surface area contributed by atoms with E-state index >= 15 is 0 Å². The van der Waals surface area contributed by atoms with Crippen LogP contribution in [0.15, 0.2) is 23.8 Å². The molecular weight excluding hydrogens is 506 g/mol. The van der Waals surface area contributed by atoms with Crippen LogP contribution in [0.3, 0.4) is 0 Å². The predicted octanol–water partition coefficient (Wildman–Crippen LogP) is 3.47. The second-order valence-electron chi connectivity index (χ2n) is 10.9. The van der Waals surface area contributed by atoms with Gasteiger partial charge in [-0.15, -0.1) is 0 Å². The molecule has 1 aromatic carbocycles. The minimum absolute atomic E-state index is 0.0346. The van der Waals surface area contributed by atoms with Gasteiger partial charge in [0.1, 0.15) is 18.7 Å². The first-order chi connectivity index (χ1) is 18.3. The van der Waals surface area contributed by atoms with Crippen molar-refractivity contribution < 1.29 is 43.6 Å². The van der Waals surface area contributed by atoms with E-state index < -0.39 is 29.6 Å². The van der Waals surface area contributed by atoms with Gasteiger partial charge in [-0.25, -0.2) is 4.79 Å². The minimum Gasteiger partial charge on any atom is -0.493 e. The SMILES string of the molecule is COCCOCCOc1cc(C[C@@H](C[C@H](NOC(C)(C)C)[C@@H](O)C(=C=O)[C@@H](C)C(=O)O)C(C)C)ccc1OC. The Labute approximate surface area is 232 Å². The molecule has 0 fully saturated rings. The van der Waals surface area contributed by atoms with Crippen LogP contribution in [0.1, 0.15) is 53.5 Å². The number of aliphatic hydroxyl groups is 1. The number of aliphatic hydroxyl groups excluding tert-OH is 1. The predicted molar refractivity (Wildman–Crippen MR) is 148 cm³/mol. The van der Waals surface area contributed by atoms with Gasteiger partial charge in [-0.05, 0) is 70.1 Å². The zero-order valence-corrected chi connectivity index (χ0v) is 24.6.